The largest absolute Gasteiger partial charge is 0.344 e. The molecule has 1 fully saturated rings. The topological polar surface area (TPSA) is 42.1 Å². The van der Waals surface area contributed by atoms with E-state index in [0.29, 0.717) is 17.7 Å². The lowest BCUT2D eigenvalue weighted by Crippen LogP contribution is -2.44. The summed E-state index contributed by atoms with van der Waals surface area (Å²) in [5, 5.41) is 3.48. The Labute approximate surface area is 92.9 Å². The van der Waals surface area contributed by atoms with Crippen LogP contribution in [0.25, 0.3) is 0 Å². The van der Waals surface area contributed by atoms with Gasteiger partial charge in [-0.25, -0.2) is 4.98 Å². The van der Waals surface area contributed by atoms with Crippen LogP contribution in [0.3, 0.4) is 0 Å². The molecule has 0 radical (unpaired) electrons. The molecule has 3 nitrogen and oxygen atoms in total. The zero-order chi connectivity index (χ0) is 9.97. The SMILES string of the molecule is NCC1CCCCN1c1nc(Cl)cs1. The van der Waals surface area contributed by atoms with Gasteiger partial charge in [0.05, 0.1) is 0 Å². The van der Waals surface area contributed by atoms with E-state index < -0.39 is 0 Å². The molecule has 1 aromatic rings. The summed E-state index contributed by atoms with van der Waals surface area (Å²) < 4.78 is 0. The van der Waals surface area contributed by atoms with Crippen molar-refractivity contribution in [1.82, 2.24) is 4.98 Å². The van der Waals surface area contributed by atoms with Crippen molar-refractivity contribution in [1.29, 1.82) is 0 Å². The van der Waals surface area contributed by atoms with Crippen LogP contribution in [0, 0.1) is 0 Å². The number of hydrogen-bond donors (Lipinski definition) is 1. The number of halogens is 1. The molecule has 2 rings (SSSR count). The van der Waals surface area contributed by atoms with Gasteiger partial charge in [0.15, 0.2) is 5.13 Å². The molecule has 0 spiro atoms. The van der Waals surface area contributed by atoms with E-state index in [4.69, 9.17) is 17.3 Å². The van der Waals surface area contributed by atoms with Gasteiger partial charge in [0.1, 0.15) is 5.15 Å². The Morgan fingerprint density at radius 2 is 2.50 bits per heavy atom. The first-order chi connectivity index (χ1) is 6.81. The molecular weight excluding hydrogens is 218 g/mol. The molecule has 1 unspecified atom stereocenters. The fourth-order valence-corrected chi connectivity index (χ4v) is 2.92. The van der Waals surface area contributed by atoms with Gasteiger partial charge in [0.2, 0.25) is 0 Å². The van der Waals surface area contributed by atoms with Gasteiger partial charge in [0, 0.05) is 24.5 Å². The summed E-state index contributed by atoms with van der Waals surface area (Å²) in [4.78, 5) is 6.58. The van der Waals surface area contributed by atoms with E-state index in [9.17, 15) is 0 Å². The van der Waals surface area contributed by atoms with Gasteiger partial charge in [-0.1, -0.05) is 11.6 Å². The average molecular weight is 232 g/mol. The summed E-state index contributed by atoms with van der Waals surface area (Å²) >= 11 is 7.41. The van der Waals surface area contributed by atoms with Crippen molar-refractivity contribution in [2.75, 3.05) is 18.0 Å². The van der Waals surface area contributed by atoms with Crippen molar-refractivity contribution in [3.05, 3.63) is 10.5 Å². The second-order valence-electron chi connectivity index (χ2n) is 3.53. The van der Waals surface area contributed by atoms with Crippen molar-refractivity contribution in [2.24, 2.45) is 5.73 Å². The quantitative estimate of drug-likeness (QED) is 0.848. The van der Waals surface area contributed by atoms with E-state index in [0.717, 1.165) is 11.7 Å². The summed E-state index contributed by atoms with van der Waals surface area (Å²) in [5.41, 5.74) is 5.74. The second-order valence-corrected chi connectivity index (χ2v) is 4.76. The Balaban J connectivity index is 2.14. The standard InChI is InChI=1S/C9H14ClN3S/c10-8-6-14-9(12-8)13-4-2-1-3-7(13)5-11/h6-7H,1-5,11H2. The van der Waals surface area contributed by atoms with Crippen LogP contribution in [0.15, 0.2) is 5.38 Å². The van der Waals surface area contributed by atoms with Gasteiger partial charge in [-0.2, -0.15) is 0 Å². The maximum atomic E-state index is 5.81. The molecule has 0 aliphatic carbocycles. The van der Waals surface area contributed by atoms with Crippen LogP contribution in [-0.2, 0) is 0 Å². The highest BCUT2D eigenvalue weighted by molar-refractivity contribution is 7.14. The van der Waals surface area contributed by atoms with Crippen molar-refractivity contribution in [3.63, 3.8) is 0 Å². The first-order valence-electron chi connectivity index (χ1n) is 4.89. The van der Waals surface area contributed by atoms with Gasteiger partial charge < -0.3 is 10.6 Å². The minimum Gasteiger partial charge on any atom is -0.344 e. The number of piperidine rings is 1. The lowest BCUT2D eigenvalue weighted by molar-refractivity contribution is 0.465. The Morgan fingerprint density at radius 3 is 3.14 bits per heavy atom. The zero-order valence-electron chi connectivity index (χ0n) is 7.95. The summed E-state index contributed by atoms with van der Waals surface area (Å²) in [7, 11) is 0. The smallest absolute Gasteiger partial charge is 0.187 e. The molecule has 0 aromatic carbocycles. The second kappa shape index (κ2) is 4.47. The molecule has 1 aromatic heterocycles. The molecule has 14 heavy (non-hydrogen) atoms. The average Bonchev–Trinajstić information content (AvgIpc) is 2.65. The van der Waals surface area contributed by atoms with Gasteiger partial charge in [-0.3, -0.25) is 0 Å². The molecule has 0 bridgehead atoms. The number of aromatic nitrogens is 1. The lowest BCUT2D eigenvalue weighted by Gasteiger charge is -2.34. The highest BCUT2D eigenvalue weighted by Gasteiger charge is 2.23. The minimum absolute atomic E-state index is 0.450. The summed E-state index contributed by atoms with van der Waals surface area (Å²) in [5.74, 6) is 0. The number of rotatable bonds is 2. The van der Waals surface area contributed by atoms with E-state index in [1.54, 1.807) is 11.3 Å². The number of nitrogens with zero attached hydrogens (tertiary/aromatic N) is 2. The van der Waals surface area contributed by atoms with E-state index in [-0.39, 0.29) is 0 Å². The summed E-state index contributed by atoms with van der Waals surface area (Å²) in [6.07, 6.45) is 3.68. The number of anilines is 1. The van der Waals surface area contributed by atoms with Crippen LogP contribution in [0.4, 0.5) is 5.13 Å². The molecule has 1 aliphatic heterocycles. The Bertz CT molecular complexity index is 302. The highest BCUT2D eigenvalue weighted by atomic mass is 35.5. The van der Waals surface area contributed by atoms with Gasteiger partial charge in [-0.05, 0) is 19.3 Å². The first-order valence-corrected chi connectivity index (χ1v) is 6.15. The summed E-state index contributed by atoms with van der Waals surface area (Å²) in [6.45, 7) is 1.77. The number of thiazole rings is 1. The maximum Gasteiger partial charge on any atom is 0.187 e. The van der Waals surface area contributed by atoms with Crippen molar-refractivity contribution < 1.29 is 0 Å². The fraction of sp³-hybridized carbons (Fsp3) is 0.667. The third-order valence-electron chi connectivity index (χ3n) is 2.61. The molecule has 0 saturated carbocycles. The Hall–Kier alpha value is -0.320. The van der Waals surface area contributed by atoms with Gasteiger partial charge in [-0.15, -0.1) is 11.3 Å². The van der Waals surface area contributed by atoms with Gasteiger partial charge in [0.25, 0.3) is 0 Å². The Kier molecular flexibility index (Phi) is 3.26. The van der Waals surface area contributed by atoms with Crippen LogP contribution < -0.4 is 10.6 Å². The van der Waals surface area contributed by atoms with E-state index >= 15 is 0 Å². The van der Waals surface area contributed by atoms with E-state index in [2.05, 4.69) is 9.88 Å². The predicted octanol–water partition coefficient (Wildman–Crippen LogP) is 2.11. The molecule has 1 aliphatic rings. The molecule has 2 N–H and O–H groups in total. The van der Waals surface area contributed by atoms with E-state index in [1.165, 1.54) is 19.3 Å². The number of nitrogens with two attached hydrogens (primary N) is 1. The lowest BCUT2D eigenvalue weighted by atomic mass is 10.0. The third kappa shape index (κ3) is 2.02. The molecule has 78 valence electrons. The molecule has 2 heterocycles. The molecule has 5 heteroatoms. The monoisotopic (exact) mass is 231 g/mol. The third-order valence-corrected chi connectivity index (χ3v) is 3.81. The Morgan fingerprint density at radius 1 is 1.64 bits per heavy atom. The van der Waals surface area contributed by atoms with Crippen LogP contribution in [0.1, 0.15) is 19.3 Å². The predicted molar refractivity (Wildman–Crippen MR) is 61.2 cm³/mol. The van der Waals surface area contributed by atoms with Crippen LogP contribution in [0.2, 0.25) is 5.15 Å². The highest BCUT2D eigenvalue weighted by Crippen LogP contribution is 2.28. The van der Waals surface area contributed by atoms with Crippen molar-refractivity contribution in [2.45, 2.75) is 25.3 Å². The molecule has 0 amide bonds. The van der Waals surface area contributed by atoms with Crippen LogP contribution >= 0.6 is 22.9 Å². The number of hydrogen-bond acceptors (Lipinski definition) is 4. The fourth-order valence-electron chi connectivity index (χ4n) is 1.87. The minimum atomic E-state index is 0.450. The van der Waals surface area contributed by atoms with Crippen molar-refractivity contribution in [3.8, 4) is 0 Å². The molecule has 1 saturated heterocycles. The van der Waals surface area contributed by atoms with Crippen molar-refractivity contribution >= 4 is 28.1 Å². The zero-order valence-corrected chi connectivity index (χ0v) is 9.52. The van der Waals surface area contributed by atoms with Crippen LogP contribution in [-0.4, -0.2) is 24.1 Å². The van der Waals surface area contributed by atoms with Gasteiger partial charge >= 0.3 is 0 Å². The van der Waals surface area contributed by atoms with Crippen LogP contribution in [0.5, 0.6) is 0 Å². The maximum absolute atomic E-state index is 5.81. The summed E-state index contributed by atoms with van der Waals surface area (Å²) in [6, 6.07) is 0.450. The molecular formula is C9H14ClN3S. The van der Waals surface area contributed by atoms with E-state index in [1.807, 2.05) is 5.38 Å². The normalized spacial score (nSPS) is 22.7. The molecule has 1 atom stereocenters. The first kappa shape index (κ1) is 10.2.